The number of carbonyl (C=O) groups is 1. The molecule has 2 rings (SSSR count). The number of aliphatic imine (C=N–C) groups is 1. The van der Waals surface area contributed by atoms with Crippen LogP contribution in [0.25, 0.3) is 0 Å². The van der Waals surface area contributed by atoms with E-state index in [4.69, 9.17) is 21.0 Å². The summed E-state index contributed by atoms with van der Waals surface area (Å²) in [6.07, 6.45) is 1.38. The van der Waals surface area contributed by atoms with Crippen molar-refractivity contribution in [1.29, 1.82) is 0 Å². The number of hydrogen-bond donors (Lipinski definition) is 3. The summed E-state index contributed by atoms with van der Waals surface area (Å²) < 4.78 is 5.19. The van der Waals surface area contributed by atoms with Gasteiger partial charge in [0.15, 0.2) is 5.96 Å². The highest BCUT2D eigenvalue weighted by molar-refractivity contribution is 5.84. The molecule has 0 spiro atoms. The van der Waals surface area contributed by atoms with Crippen molar-refractivity contribution < 1.29 is 14.3 Å². The zero-order valence-electron chi connectivity index (χ0n) is 10.7. The van der Waals surface area contributed by atoms with Crippen LogP contribution >= 0.6 is 0 Å². The molecule has 104 valence electrons. The molecule has 20 heavy (non-hydrogen) atoms. The van der Waals surface area contributed by atoms with Crippen molar-refractivity contribution in [1.82, 2.24) is 0 Å². The molecule has 0 aliphatic rings. The first-order valence-electron chi connectivity index (χ1n) is 6.05. The van der Waals surface area contributed by atoms with Gasteiger partial charge in [-0.2, -0.15) is 0 Å². The lowest BCUT2D eigenvalue weighted by molar-refractivity contribution is 0.0660. The molecule has 1 heterocycles. The summed E-state index contributed by atoms with van der Waals surface area (Å²) in [7, 11) is 0. The molecule has 0 aliphatic heterocycles. The average Bonchev–Trinajstić information content (AvgIpc) is 2.86. The number of guanidine groups is 1. The van der Waals surface area contributed by atoms with Crippen LogP contribution in [-0.2, 0) is 12.8 Å². The van der Waals surface area contributed by atoms with Crippen molar-refractivity contribution in [2.24, 2.45) is 16.5 Å². The number of rotatable bonds is 5. The van der Waals surface area contributed by atoms with E-state index in [0.29, 0.717) is 17.9 Å². The third-order valence-electron chi connectivity index (χ3n) is 2.73. The van der Waals surface area contributed by atoms with Gasteiger partial charge in [-0.1, -0.05) is 12.1 Å². The molecule has 0 aliphatic carbocycles. The first kappa shape index (κ1) is 13.7. The van der Waals surface area contributed by atoms with Crippen LogP contribution in [0.3, 0.4) is 0 Å². The van der Waals surface area contributed by atoms with Gasteiger partial charge < -0.3 is 21.0 Å². The lowest BCUT2D eigenvalue weighted by Gasteiger charge is -2.01. The SMILES string of the molecule is NC(N)=Nc1ccc(CCc2ccc(C(=O)O)o2)cc1. The predicted molar refractivity (Wildman–Crippen MR) is 75.0 cm³/mol. The Labute approximate surface area is 115 Å². The third-order valence-corrected chi connectivity index (χ3v) is 2.73. The summed E-state index contributed by atoms with van der Waals surface area (Å²) in [5.74, 6) is -0.425. The second kappa shape index (κ2) is 5.92. The Bertz CT molecular complexity index is 625. The van der Waals surface area contributed by atoms with Crippen LogP contribution in [0.15, 0.2) is 45.8 Å². The lowest BCUT2D eigenvalue weighted by atomic mass is 10.1. The van der Waals surface area contributed by atoms with Crippen LogP contribution in [0.2, 0.25) is 0 Å². The Balaban J connectivity index is 1.96. The fourth-order valence-electron chi connectivity index (χ4n) is 1.78. The first-order valence-corrected chi connectivity index (χ1v) is 6.05. The van der Waals surface area contributed by atoms with E-state index in [1.165, 1.54) is 6.07 Å². The van der Waals surface area contributed by atoms with E-state index < -0.39 is 5.97 Å². The Morgan fingerprint density at radius 2 is 1.80 bits per heavy atom. The molecule has 0 radical (unpaired) electrons. The zero-order valence-corrected chi connectivity index (χ0v) is 10.7. The van der Waals surface area contributed by atoms with Crippen molar-refractivity contribution in [2.45, 2.75) is 12.8 Å². The molecule has 0 atom stereocenters. The highest BCUT2D eigenvalue weighted by Gasteiger charge is 2.08. The zero-order chi connectivity index (χ0) is 14.5. The number of carboxylic acid groups (broad SMARTS) is 1. The van der Waals surface area contributed by atoms with Crippen LogP contribution in [0.4, 0.5) is 5.69 Å². The van der Waals surface area contributed by atoms with E-state index >= 15 is 0 Å². The summed E-state index contributed by atoms with van der Waals surface area (Å²) in [6.45, 7) is 0. The van der Waals surface area contributed by atoms with Crippen molar-refractivity contribution >= 4 is 17.6 Å². The molecule has 2 aromatic rings. The van der Waals surface area contributed by atoms with Gasteiger partial charge in [0, 0.05) is 6.42 Å². The van der Waals surface area contributed by atoms with Gasteiger partial charge >= 0.3 is 5.97 Å². The van der Waals surface area contributed by atoms with Gasteiger partial charge in [-0.3, -0.25) is 0 Å². The number of carboxylic acids is 1. The van der Waals surface area contributed by atoms with Gasteiger partial charge in [0.1, 0.15) is 5.76 Å². The number of nitrogens with two attached hydrogens (primary N) is 2. The van der Waals surface area contributed by atoms with Crippen LogP contribution in [0.5, 0.6) is 0 Å². The van der Waals surface area contributed by atoms with Crippen molar-refractivity contribution in [3.63, 3.8) is 0 Å². The van der Waals surface area contributed by atoms with E-state index in [1.807, 2.05) is 24.3 Å². The standard InChI is InChI=1S/C14H15N3O3/c15-14(16)17-10-4-1-9(2-5-10)3-6-11-7-8-12(20-11)13(18)19/h1-2,4-5,7-8H,3,6H2,(H,18,19)(H4,15,16,17). The fraction of sp³-hybridized carbons (Fsp3) is 0.143. The predicted octanol–water partition coefficient (Wildman–Crippen LogP) is 1.67. The number of aromatic carboxylic acids is 1. The quantitative estimate of drug-likeness (QED) is 0.566. The van der Waals surface area contributed by atoms with E-state index in [-0.39, 0.29) is 11.7 Å². The summed E-state index contributed by atoms with van der Waals surface area (Å²) >= 11 is 0. The minimum atomic E-state index is -1.06. The Morgan fingerprint density at radius 3 is 2.35 bits per heavy atom. The van der Waals surface area contributed by atoms with Crippen LogP contribution in [0.1, 0.15) is 21.9 Å². The van der Waals surface area contributed by atoms with E-state index in [2.05, 4.69) is 4.99 Å². The molecule has 0 saturated heterocycles. The molecular weight excluding hydrogens is 258 g/mol. The van der Waals surface area contributed by atoms with Gasteiger partial charge in [0.2, 0.25) is 5.76 Å². The van der Waals surface area contributed by atoms with Crippen LogP contribution in [0, 0.1) is 0 Å². The Hall–Kier alpha value is -2.76. The Morgan fingerprint density at radius 1 is 1.10 bits per heavy atom. The summed E-state index contributed by atoms with van der Waals surface area (Å²) in [5.41, 5.74) is 12.4. The van der Waals surface area contributed by atoms with Crippen LogP contribution < -0.4 is 11.5 Å². The smallest absolute Gasteiger partial charge is 0.371 e. The minimum Gasteiger partial charge on any atom is -0.475 e. The highest BCUT2D eigenvalue weighted by Crippen LogP contribution is 2.15. The normalized spacial score (nSPS) is 10.2. The minimum absolute atomic E-state index is 0.0227. The molecule has 1 aromatic heterocycles. The van der Waals surface area contributed by atoms with Gasteiger partial charge in [0.05, 0.1) is 5.69 Å². The van der Waals surface area contributed by atoms with Gasteiger partial charge in [-0.15, -0.1) is 0 Å². The largest absolute Gasteiger partial charge is 0.475 e. The molecule has 1 aromatic carbocycles. The average molecular weight is 273 g/mol. The molecule has 0 saturated carbocycles. The molecule has 6 heteroatoms. The van der Waals surface area contributed by atoms with E-state index in [9.17, 15) is 4.79 Å². The monoisotopic (exact) mass is 273 g/mol. The summed E-state index contributed by atoms with van der Waals surface area (Å²) in [4.78, 5) is 14.6. The Kier molecular flexibility index (Phi) is 4.05. The number of hydrogen-bond acceptors (Lipinski definition) is 3. The van der Waals surface area contributed by atoms with Gasteiger partial charge in [-0.05, 0) is 36.2 Å². The molecule has 6 nitrogen and oxygen atoms in total. The van der Waals surface area contributed by atoms with Gasteiger partial charge in [0.25, 0.3) is 0 Å². The first-order chi connectivity index (χ1) is 9.54. The van der Waals surface area contributed by atoms with Crippen LogP contribution in [-0.4, -0.2) is 17.0 Å². The molecule has 0 fully saturated rings. The maximum atomic E-state index is 10.7. The van der Waals surface area contributed by atoms with E-state index in [0.717, 1.165) is 12.0 Å². The van der Waals surface area contributed by atoms with Crippen molar-refractivity contribution in [2.75, 3.05) is 0 Å². The highest BCUT2D eigenvalue weighted by atomic mass is 16.4. The maximum Gasteiger partial charge on any atom is 0.371 e. The van der Waals surface area contributed by atoms with E-state index in [1.54, 1.807) is 6.07 Å². The fourth-order valence-corrected chi connectivity index (χ4v) is 1.78. The number of nitrogens with zero attached hydrogens (tertiary/aromatic N) is 1. The third kappa shape index (κ3) is 3.61. The molecule has 0 bridgehead atoms. The second-order valence-electron chi connectivity index (χ2n) is 4.27. The maximum absolute atomic E-state index is 10.7. The van der Waals surface area contributed by atoms with Crippen molar-refractivity contribution in [3.8, 4) is 0 Å². The summed E-state index contributed by atoms with van der Waals surface area (Å²) in [6, 6.07) is 10.6. The number of furan rings is 1. The lowest BCUT2D eigenvalue weighted by Crippen LogP contribution is -2.21. The molecule has 0 unspecified atom stereocenters. The van der Waals surface area contributed by atoms with Gasteiger partial charge in [-0.25, -0.2) is 9.79 Å². The number of benzene rings is 1. The summed E-state index contributed by atoms with van der Waals surface area (Å²) in [5, 5.41) is 8.76. The molecular formula is C14H15N3O3. The number of aryl methyl sites for hydroxylation is 2. The molecule has 5 N–H and O–H groups in total. The molecule has 0 amide bonds. The second-order valence-corrected chi connectivity index (χ2v) is 4.27. The topological polar surface area (TPSA) is 115 Å². The van der Waals surface area contributed by atoms with Crippen molar-refractivity contribution in [3.05, 3.63) is 53.5 Å².